The van der Waals surface area contributed by atoms with E-state index in [2.05, 4.69) is 4.98 Å². The van der Waals surface area contributed by atoms with Crippen LogP contribution in [0.5, 0.6) is 0 Å². The summed E-state index contributed by atoms with van der Waals surface area (Å²) in [5, 5.41) is 0.126. The van der Waals surface area contributed by atoms with Gasteiger partial charge in [0.15, 0.2) is 0 Å². The maximum Gasteiger partial charge on any atom is 0.215 e. The van der Waals surface area contributed by atoms with Crippen LogP contribution in [-0.2, 0) is 0 Å². The number of carbonyl (C=O) groups excluding carboxylic acids is 1. The molecular formula is C12H6ClF2NO. The van der Waals surface area contributed by atoms with Gasteiger partial charge in [-0.1, -0.05) is 11.6 Å². The molecule has 0 amide bonds. The highest BCUT2D eigenvalue weighted by atomic mass is 35.5. The number of carbonyl (C=O) groups is 1. The lowest BCUT2D eigenvalue weighted by Crippen LogP contribution is -2.07. The minimum absolute atomic E-state index is 0.0559. The molecule has 0 unspecified atom stereocenters. The number of rotatable bonds is 2. The third-order valence-corrected chi connectivity index (χ3v) is 2.45. The lowest BCUT2D eigenvalue weighted by atomic mass is 10.1. The Morgan fingerprint density at radius 2 is 2.00 bits per heavy atom. The molecule has 0 aliphatic heterocycles. The molecule has 0 fully saturated rings. The van der Waals surface area contributed by atoms with Gasteiger partial charge in [-0.05, 0) is 24.3 Å². The number of hydrogen-bond donors (Lipinski definition) is 0. The first-order chi connectivity index (χ1) is 8.09. The molecule has 0 atom stereocenters. The number of aromatic nitrogens is 1. The molecule has 0 aliphatic rings. The second-order valence-corrected chi connectivity index (χ2v) is 3.69. The van der Waals surface area contributed by atoms with E-state index < -0.39 is 17.4 Å². The molecule has 0 saturated heterocycles. The van der Waals surface area contributed by atoms with Crippen LogP contribution in [0, 0.1) is 11.6 Å². The van der Waals surface area contributed by atoms with Crippen molar-refractivity contribution >= 4 is 17.4 Å². The third kappa shape index (κ3) is 2.31. The number of benzene rings is 1. The standard InChI is InChI=1S/C12H6ClF2NO/c13-9-2-1-5-16-11(9)12(17)8-4-3-7(14)6-10(8)15/h1-6H. The number of halogens is 3. The Balaban J connectivity index is 2.48. The fourth-order valence-corrected chi connectivity index (χ4v) is 1.56. The van der Waals surface area contributed by atoms with E-state index in [-0.39, 0.29) is 16.3 Å². The average Bonchev–Trinajstić information content (AvgIpc) is 2.29. The molecule has 0 saturated carbocycles. The Kier molecular flexibility index (Phi) is 3.15. The van der Waals surface area contributed by atoms with Crippen molar-refractivity contribution in [3.05, 3.63) is 64.4 Å². The summed E-state index contributed by atoms with van der Waals surface area (Å²) in [6, 6.07) is 5.75. The van der Waals surface area contributed by atoms with Gasteiger partial charge in [0, 0.05) is 12.3 Å². The van der Waals surface area contributed by atoms with Crippen LogP contribution in [0.3, 0.4) is 0 Å². The van der Waals surface area contributed by atoms with E-state index >= 15 is 0 Å². The molecule has 1 aromatic carbocycles. The Bertz CT molecular complexity index is 586. The number of pyridine rings is 1. The summed E-state index contributed by atoms with van der Waals surface area (Å²) in [7, 11) is 0. The zero-order valence-electron chi connectivity index (χ0n) is 8.45. The van der Waals surface area contributed by atoms with E-state index in [1.165, 1.54) is 12.3 Å². The third-order valence-electron chi connectivity index (χ3n) is 2.15. The normalized spacial score (nSPS) is 10.3. The molecule has 2 aromatic rings. The first kappa shape index (κ1) is 11.7. The predicted octanol–water partition coefficient (Wildman–Crippen LogP) is 3.24. The monoisotopic (exact) mass is 253 g/mol. The molecule has 1 heterocycles. The van der Waals surface area contributed by atoms with Gasteiger partial charge in [-0.3, -0.25) is 9.78 Å². The summed E-state index contributed by atoms with van der Waals surface area (Å²) in [4.78, 5) is 15.7. The SMILES string of the molecule is O=C(c1ccc(F)cc1F)c1ncccc1Cl. The molecule has 2 rings (SSSR count). The second-order valence-electron chi connectivity index (χ2n) is 3.29. The van der Waals surface area contributed by atoms with Crippen LogP contribution in [0.15, 0.2) is 36.5 Å². The Morgan fingerprint density at radius 3 is 2.65 bits per heavy atom. The van der Waals surface area contributed by atoms with Gasteiger partial charge in [0.2, 0.25) is 5.78 Å². The van der Waals surface area contributed by atoms with E-state index in [9.17, 15) is 13.6 Å². The minimum atomic E-state index is -0.934. The number of nitrogens with zero attached hydrogens (tertiary/aromatic N) is 1. The largest absolute Gasteiger partial charge is 0.287 e. The smallest absolute Gasteiger partial charge is 0.215 e. The summed E-state index contributed by atoms with van der Waals surface area (Å²) in [6.07, 6.45) is 1.38. The zero-order chi connectivity index (χ0) is 12.4. The number of ketones is 1. The van der Waals surface area contributed by atoms with Gasteiger partial charge in [0.25, 0.3) is 0 Å². The van der Waals surface area contributed by atoms with Gasteiger partial charge in [0.05, 0.1) is 10.6 Å². The van der Waals surface area contributed by atoms with Crippen molar-refractivity contribution in [2.45, 2.75) is 0 Å². The zero-order valence-corrected chi connectivity index (χ0v) is 9.21. The molecule has 1 aromatic heterocycles. The minimum Gasteiger partial charge on any atom is -0.287 e. The van der Waals surface area contributed by atoms with E-state index in [0.29, 0.717) is 6.07 Å². The van der Waals surface area contributed by atoms with Crippen LogP contribution in [0.1, 0.15) is 16.1 Å². The van der Waals surface area contributed by atoms with E-state index in [1.54, 1.807) is 6.07 Å². The first-order valence-corrected chi connectivity index (χ1v) is 5.07. The summed E-state index contributed by atoms with van der Waals surface area (Å²) in [6.45, 7) is 0. The van der Waals surface area contributed by atoms with Crippen LogP contribution in [-0.4, -0.2) is 10.8 Å². The van der Waals surface area contributed by atoms with Crippen LogP contribution in [0.25, 0.3) is 0 Å². The van der Waals surface area contributed by atoms with Gasteiger partial charge in [-0.25, -0.2) is 8.78 Å². The van der Waals surface area contributed by atoms with Crippen molar-refractivity contribution in [3.63, 3.8) is 0 Å². The fourth-order valence-electron chi connectivity index (χ4n) is 1.35. The Hall–Kier alpha value is -1.81. The summed E-state index contributed by atoms with van der Waals surface area (Å²) < 4.78 is 26.1. The van der Waals surface area contributed by atoms with Crippen molar-refractivity contribution in [2.24, 2.45) is 0 Å². The Labute approximate surface area is 101 Å². The van der Waals surface area contributed by atoms with Crippen LogP contribution < -0.4 is 0 Å². The number of hydrogen-bond acceptors (Lipinski definition) is 2. The van der Waals surface area contributed by atoms with Gasteiger partial charge < -0.3 is 0 Å². The van der Waals surface area contributed by atoms with Crippen molar-refractivity contribution in [1.82, 2.24) is 4.98 Å². The van der Waals surface area contributed by atoms with E-state index in [1.807, 2.05) is 0 Å². The first-order valence-electron chi connectivity index (χ1n) is 4.70. The van der Waals surface area contributed by atoms with E-state index in [4.69, 9.17) is 11.6 Å². The molecular weight excluding hydrogens is 248 g/mol. The molecule has 0 spiro atoms. The maximum atomic E-state index is 13.4. The predicted molar refractivity (Wildman–Crippen MR) is 59.0 cm³/mol. The van der Waals surface area contributed by atoms with Crippen molar-refractivity contribution in [3.8, 4) is 0 Å². The van der Waals surface area contributed by atoms with Gasteiger partial charge in [0.1, 0.15) is 17.3 Å². The molecule has 5 heteroatoms. The molecule has 86 valence electrons. The Morgan fingerprint density at radius 1 is 1.24 bits per heavy atom. The maximum absolute atomic E-state index is 13.4. The molecule has 0 aliphatic carbocycles. The van der Waals surface area contributed by atoms with E-state index in [0.717, 1.165) is 12.1 Å². The van der Waals surface area contributed by atoms with Crippen LogP contribution in [0.4, 0.5) is 8.78 Å². The lowest BCUT2D eigenvalue weighted by Gasteiger charge is -2.03. The summed E-state index contributed by atoms with van der Waals surface area (Å²) >= 11 is 5.77. The molecule has 17 heavy (non-hydrogen) atoms. The highest BCUT2D eigenvalue weighted by molar-refractivity contribution is 6.34. The molecule has 0 radical (unpaired) electrons. The quantitative estimate of drug-likeness (QED) is 0.769. The van der Waals surface area contributed by atoms with Crippen LogP contribution >= 0.6 is 11.6 Å². The highest BCUT2D eigenvalue weighted by Gasteiger charge is 2.18. The van der Waals surface area contributed by atoms with Crippen LogP contribution in [0.2, 0.25) is 5.02 Å². The van der Waals surface area contributed by atoms with Crippen molar-refractivity contribution in [2.75, 3.05) is 0 Å². The second kappa shape index (κ2) is 4.59. The van der Waals surface area contributed by atoms with Crippen molar-refractivity contribution < 1.29 is 13.6 Å². The highest BCUT2D eigenvalue weighted by Crippen LogP contribution is 2.19. The molecule has 0 N–H and O–H groups in total. The summed E-state index contributed by atoms with van der Waals surface area (Å²) in [5.41, 5.74) is -0.313. The van der Waals surface area contributed by atoms with Gasteiger partial charge in [-0.15, -0.1) is 0 Å². The summed E-state index contributed by atoms with van der Waals surface area (Å²) in [5.74, 6) is -2.35. The molecule has 2 nitrogen and oxygen atoms in total. The van der Waals surface area contributed by atoms with Gasteiger partial charge >= 0.3 is 0 Å². The lowest BCUT2D eigenvalue weighted by molar-refractivity contribution is 0.103. The topological polar surface area (TPSA) is 30.0 Å². The van der Waals surface area contributed by atoms with Crippen molar-refractivity contribution in [1.29, 1.82) is 0 Å². The van der Waals surface area contributed by atoms with Gasteiger partial charge in [-0.2, -0.15) is 0 Å². The molecule has 0 bridgehead atoms. The fraction of sp³-hybridized carbons (Fsp3) is 0. The average molecular weight is 254 g/mol.